The molecule has 0 heterocycles. The summed E-state index contributed by atoms with van der Waals surface area (Å²) in [5.74, 6) is 5.34. The highest BCUT2D eigenvalue weighted by molar-refractivity contribution is 5.94. The van der Waals surface area contributed by atoms with Crippen molar-refractivity contribution in [3.8, 4) is 5.75 Å². The Balaban J connectivity index is 2.11. The number of amides is 1. The lowest BCUT2D eigenvalue weighted by molar-refractivity contribution is 0.0355. The summed E-state index contributed by atoms with van der Waals surface area (Å²) in [6.45, 7) is 4.97. The van der Waals surface area contributed by atoms with E-state index < -0.39 is 0 Å². The van der Waals surface area contributed by atoms with Crippen LogP contribution in [0.3, 0.4) is 0 Å². The maximum absolute atomic E-state index is 11.4. The standard InChI is InChI=1S/C15H24N2O4/c1-2-3-7-19-8-9-20-10-11-21-14-6-4-5-13(12-14)15(18)17-16/h4-6,12H,2-3,7-11,16H2,1H3,(H,17,18). The van der Waals surface area contributed by atoms with Crippen LogP contribution in [0.25, 0.3) is 0 Å². The van der Waals surface area contributed by atoms with E-state index >= 15 is 0 Å². The van der Waals surface area contributed by atoms with Gasteiger partial charge >= 0.3 is 0 Å². The second-order valence-electron chi connectivity index (χ2n) is 4.43. The Hall–Kier alpha value is -1.63. The highest BCUT2D eigenvalue weighted by atomic mass is 16.5. The van der Waals surface area contributed by atoms with E-state index in [0.29, 0.717) is 37.7 Å². The van der Waals surface area contributed by atoms with E-state index in [2.05, 4.69) is 12.3 Å². The lowest BCUT2D eigenvalue weighted by Gasteiger charge is -2.08. The number of nitrogens with two attached hydrogens (primary N) is 1. The molecule has 1 aromatic carbocycles. The lowest BCUT2D eigenvalue weighted by atomic mass is 10.2. The topological polar surface area (TPSA) is 82.8 Å². The highest BCUT2D eigenvalue weighted by Crippen LogP contribution is 2.12. The number of nitrogens with one attached hydrogen (secondary N) is 1. The second kappa shape index (κ2) is 11.1. The minimum absolute atomic E-state index is 0.346. The maximum atomic E-state index is 11.4. The van der Waals surface area contributed by atoms with Crippen LogP contribution < -0.4 is 16.0 Å². The van der Waals surface area contributed by atoms with Gasteiger partial charge in [-0.1, -0.05) is 19.4 Å². The van der Waals surface area contributed by atoms with E-state index in [0.717, 1.165) is 19.4 Å². The monoisotopic (exact) mass is 296 g/mol. The van der Waals surface area contributed by atoms with Crippen molar-refractivity contribution in [2.75, 3.05) is 33.0 Å². The summed E-state index contributed by atoms with van der Waals surface area (Å²) in [5, 5.41) is 0. The first kappa shape index (κ1) is 17.4. The summed E-state index contributed by atoms with van der Waals surface area (Å²) >= 11 is 0. The molecule has 1 amide bonds. The van der Waals surface area contributed by atoms with Gasteiger partial charge in [-0.05, 0) is 24.6 Å². The van der Waals surface area contributed by atoms with Crippen molar-refractivity contribution in [1.29, 1.82) is 0 Å². The smallest absolute Gasteiger partial charge is 0.265 e. The molecular formula is C15H24N2O4. The fourth-order valence-electron chi connectivity index (χ4n) is 1.60. The second-order valence-corrected chi connectivity index (χ2v) is 4.43. The summed E-state index contributed by atoms with van der Waals surface area (Å²) in [6, 6.07) is 6.82. The number of nitrogen functional groups attached to an aromatic ring is 1. The van der Waals surface area contributed by atoms with Gasteiger partial charge in [-0.3, -0.25) is 10.2 Å². The molecule has 21 heavy (non-hydrogen) atoms. The lowest BCUT2D eigenvalue weighted by Crippen LogP contribution is -2.29. The molecule has 3 N–H and O–H groups in total. The van der Waals surface area contributed by atoms with Gasteiger partial charge in [-0.15, -0.1) is 0 Å². The van der Waals surface area contributed by atoms with Gasteiger partial charge in [0, 0.05) is 12.2 Å². The average molecular weight is 296 g/mol. The van der Waals surface area contributed by atoms with Crippen molar-refractivity contribution in [2.24, 2.45) is 5.84 Å². The molecule has 0 atom stereocenters. The predicted molar refractivity (Wildman–Crippen MR) is 80.1 cm³/mol. The minimum Gasteiger partial charge on any atom is -0.491 e. The molecular weight excluding hydrogens is 272 g/mol. The minimum atomic E-state index is -0.346. The number of carbonyl (C=O) groups excluding carboxylic acids is 1. The number of hydrogen-bond donors (Lipinski definition) is 2. The highest BCUT2D eigenvalue weighted by Gasteiger charge is 2.04. The number of hydrazine groups is 1. The van der Waals surface area contributed by atoms with Crippen molar-refractivity contribution in [3.63, 3.8) is 0 Å². The van der Waals surface area contributed by atoms with Crippen LogP contribution in [0.5, 0.6) is 5.75 Å². The zero-order chi connectivity index (χ0) is 15.3. The normalized spacial score (nSPS) is 10.4. The average Bonchev–Trinajstić information content (AvgIpc) is 2.53. The van der Waals surface area contributed by atoms with Gasteiger partial charge in [0.25, 0.3) is 5.91 Å². The molecule has 0 bridgehead atoms. The van der Waals surface area contributed by atoms with Crippen molar-refractivity contribution in [2.45, 2.75) is 19.8 Å². The Bertz CT molecular complexity index is 412. The SMILES string of the molecule is CCCCOCCOCCOc1cccc(C(=O)NN)c1. The first-order valence-corrected chi connectivity index (χ1v) is 7.17. The quantitative estimate of drug-likeness (QED) is 0.280. The third kappa shape index (κ3) is 7.65. The molecule has 6 nitrogen and oxygen atoms in total. The zero-order valence-electron chi connectivity index (χ0n) is 12.5. The third-order valence-corrected chi connectivity index (χ3v) is 2.74. The van der Waals surface area contributed by atoms with E-state index in [-0.39, 0.29) is 5.91 Å². The largest absolute Gasteiger partial charge is 0.491 e. The predicted octanol–water partition coefficient (Wildman–Crippen LogP) is 1.50. The Labute approximate surface area is 125 Å². The number of hydrogen-bond acceptors (Lipinski definition) is 5. The summed E-state index contributed by atoms with van der Waals surface area (Å²) < 4.78 is 16.3. The van der Waals surface area contributed by atoms with Gasteiger partial charge in [0.15, 0.2) is 0 Å². The Morgan fingerprint density at radius 1 is 1.14 bits per heavy atom. The molecule has 0 saturated carbocycles. The van der Waals surface area contributed by atoms with Crippen molar-refractivity contribution >= 4 is 5.91 Å². The number of ether oxygens (including phenoxy) is 3. The molecule has 0 aromatic heterocycles. The Morgan fingerprint density at radius 2 is 1.86 bits per heavy atom. The van der Waals surface area contributed by atoms with E-state index in [9.17, 15) is 4.79 Å². The van der Waals surface area contributed by atoms with Gasteiger partial charge in [-0.2, -0.15) is 0 Å². The molecule has 0 fully saturated rings. The van der Waals surface area contributed by atoms with Gasteiger partial charge in [-0.25, -0.2) is 5.84 Å². The van der Waals surface area contributed by atoms with Crippen molar-refractivity contribution < 1.29 is 19.0 Å². The van der Waals surface area contributed by atoms with Gasteiger partial charge in [0.2, 0.25) is 0 Å². The van der Waals surface area contributed by atoms with Crippen molar-refractivity contribution in [3.05, 3.63) is 29.8 Å². The number of benzene rings is 1. The molecule has 6 heteroatoms. The third-order valence-electron chi connectivity index (χ3n) is 2.74. The van der Waals surface area contributed by atoms with E-state index in [4.69, 9.17) is 20.1 Å². The summed E-state index contributed by atoms with van der Waals surface area (Å²) in [4.78, 5) is 11.4. The van der Waals surface area contributed by atoms with Crippen LogP contribution in [-0.4, -0.2) is 38.9 Å². The molecule has 0 saturated heterocycles. The summed E-state index contributed by atoms with van der Waals surface area (Å²) in [7, 11) is 0. The van der Waals surface area contributed by atoms with Crippen molar-refractivity contribution in [1.82, 2.24) is 5.43 Å². The van der Waals surface area contributed by atoms with Gasteiger partial charge in [0.1, 0.15) is 12.4 Å². The molecule has 0 unspecified atom stereocenters. The van der Waals surface area contributed by atoms with Crippen LogP contribution in [0.1, 0.15) is 30.1 Å². The Kier molecular flexibility index (Phi) is 9.19. The maximum Gasteiger partial charge on any atom is 0.265 e. The Morgan fingerprint density at radius 3 is 2.57 bits per heavy atom. The first-order chi connectivity index (χ1) is 10.3. The van der Waals surface area contributed by atoms with E-state index in [1.54, 1.807) is 24.3 Å². The van der Waals surface area contributed by atoms with Crippen LogP contribution in [0, 0.1) is 0 Å². The van der Waals surface area contributed by atoms with Crippen LogP contribution in [0.2, 0.25) is 0 Å². The van der Waals surface area contributed by atoms with Crippen LogP contribution in [0.15, 0.2) is 24.3 Å². The molecule has 118 valence electrons. The number of unbranched alkanes of at least 4 members (excludes halogenated alkanes) is 1. The van der Waals surface area contributed by atoms with E-state index in [1.165, 1.54) is 0 Å². The molecule has 0 radical (unpaired) electrons. The van der Waals surface area contributed by atoms with Crippen LogP contribution in [0.4, 0.5) is 0 Å². The first-order valence-electron chi connectivity index (χ1n) is 7.17. The molecule has 1 aromatic rings. The fourth-order valence-corrected chi connectivity index (χ4v) is 1.60. The van der Waals surface area contributed by atoms with Crippen LogP contribution in [-0.2, 0) is 9.47 Å². The summed E-state index contributed by atoms with van der Waals surface area (Å²) in [6.07, 6.45) is 2.21. The van der Waals surface area contributed by atoms with E-state index in [1.807, 2.05) is 0 Å². The zero-order valence-corrected chi connectivity index (χ0v) is 12.5. The molecule has 0 spiro atoms. The molecule has 1 rings (SSSR count). The molecule has 0 aliphatic rings. The summed E-state index contributed by atoms with van der Waals surface area (Å²) in [5.41, 5.74) is 2.54. The molecule has 0 aliphatic heterocycles. The fraction of sp³-hybridized carbons (Fsp3) is 0.533. The number of carbonyl (C=O) groups is 1. The van der Waals surface area contributed by atoms with Crippen LogP contribution >= 0.6 is 0 Å². The van der Waals surface area contributed by atoms with Gasteiger partial charge < -0.3 is 14.2 Å². The van der Waals surface area contributed by atoms with Gasteiger partial charge in [0.05, 0.1) is 19.8 Å². The number of rotatable bonds is 11. The molecule has 0 aliphatic carbocycles.